The Morgan fingerprint density at radius 3 is 2.67 bits per heavy atom. The fraction of sp³-hybridized carbons (Fsp3) is 0.533. The van der Waals surface area contributed by atoms with Crippen molar-refractivity contribution in [2.75, 3.05) is 6.54 Å². The van der Waals surface area contributed by atoms with Gasteiger partial charge in [0.1, 0.15) is 0 Å². The standard InChI is InChI=1S/C15H24N2O/c1-5-12(3)16-10-15(18)17-13(4)14-8-6-7-11(2)9-14/h6-9,12-13,16H,5,10H2,1-4H3,(H,17,18)/t12?,13-/m0/s1. The van der Waals surface area contributed by atoms with Crippen LogP contribution in [0.2, 0.25) is 0 Å². The normalized spacial score (nSPS) is 14.0. The molecule has 0 bridgehead atoms. The Bertz CT molecular complexity index is 390. The quantitative estimate of drug-likeness (QED) is 0.812. The van der Waals surface area contributed by atoms with Gasteiger partial charge in [-0.15, -0.1) is 0 Å². The van der Waals surface area contributed by atoms with Gasteiger partial charge in [-0.05, 0) is 32.8 Å². The first-order chi connectivity index (χ1) is 8.52. The lowest BCUT2D eigenvalue weighted by molar-refractivity contribution is -0.121. The van der Waals surface area contributed by atoms with Crippen LogP contribution in [0.4, 0.5) is 0 Å². The van der Waals surface area contributed by atoms with Crippen molar-refractivity contribution in [1.29, 1.82) is 0 Å². The molecule has 0 radical (unpaired) electrons. The van der Waals surface area contributed by atoms with Crippen molar-refractivity contribution in [1.82, 2.24) is 10.6 Å². The minimum atomic E-state index is 0.0457. The highest BCUT2D eigenvalue weighted by atomic mass is 16.1. The first-order valence-electron chi connectivity index (χ1n) is 6.62. The number of carbonyl (C=O) groups is 1. The molecule has 1 amide bonds. The molecule has 2 N–H and O–H groups in total. The van der Waals surface area contributed by atoms with Crippen LogP contribution in [-0.2, 0) is 4.79 Å². The summed E-state index contributed by atoms with van der Waals surface area (Å²) >= 11 is 0. The molecule has 1 aromatic rings. The average molecular weight is 248 g/mol. The van der Waals surface area contributed by atoms with Crippen LogP contribution < -0.4 is 10.6 Å². The van der Waals surface area contributed by atoms with Crippen molar-refractivity contribution < 1.29 is 4.79 Å². The molecule has 1 rings (SSSR count). The summed E-state index contributed by atoms with van der Waals surface area (Å²) in [7, 11) is 0. The molecule has 0 spiro atoms. The summed E-state index contributed by atoms with van der Waals surface area (Å²) in [5, 5.41) is 6.19. The van der Waals surface area contributed by atoms with Crippen molar-refractivity contribution in [2.24, 2.45) is 0 Å². The summed E-state index contributed by atoms with van der Waals surface area (Å²) in [6.45, 7) is 8.63. The molecule has 3 nitrogen and oxygen atoms in total. The van der Waals surface area contributed by atoms with Gasteiger partial charge >= 0.3 is 0 Å². The Morgan fingerprint density at radius 2 is 2.06 bits per heavy atom. The van der Waals surface area contributed by atoms with E-state index in [2.05, 4.69) is 43.5 Å². The molecule has 0 saturated carbocycles. The lowest BCUT2D eigenvalue weighted by Crippen LogP contribution is -2.38. The van der Waals surface area contributed by atoms with E-state index in [1.807, 2.05) is 19.1 Å². The zero-order valence-electron chi connectivity index (χ0n) is 11.8. The highest BCUT2D eigenvalue weighted by molar-refractivity contribution is 5.78. The number of aryl methyl sites for hydroxylation is 1. The largest absolute Gasteiger partial charge is 0.348 e. The van der Waals surface area contributed by atoms with Crippen LogP contribution in [0.25, 0.3) is 0 Å². The molecule has 3 heteroatoms. The fourth-order valence-electron chi connectivity index (χ4n) is 1.73. The van der Waals surface area contributed by atoms with E-state index >= 15 is 0 Å². The smallest absolute Gasteiger partial charge is 0.234 e. The molecule has 18 heavy (non-hydrogen) atoms. The van der Waals surface area contributed by atoms with Crippen LogP contribution in [0.5, 0.6) is 0 Å². The second-order valence-electron chi connectivity index (χ2n) is 4.89. The molecule has 100 valence electrons. The number of rotatable bonds is 6. The molecule has 0 heterocycles. The van der Waals surface area contributed by atoms with E-state index in [-0.39, 0.29) is 11.9 Å². The number of carbonyl (C=O) groups excluding carboxylic acids is 1. The Morgan fingerprint density at radius 1 is 1.33 bits per heavy atom. The summed E-state index contributed by atoms with van der Waals surface area (Å²) in [5.74, 6) is 0.0457. The van der Waals surface area contributed by atoms with Crippen molar-refractivity contribution in [2.45, 2.75) is 46.2 Å². The minimum absolute atomic E-state index is 0.0457. The second-order valence-corrected chi connectivity index (χ2v) is 4.89. The van der Waals surface area contributed by atoms with Crippen molar-refractivity contribution in [3.05, 3.63) is 35.4 Å². The van der Waals surface area contributed by atoms with Crippen molar-refractivity contribution in [3.8, 4) is 0 Å². The highest BCUT2D eigenvalue weighted by Gasteiger charge is 2.10. The van der Waals surface area contributed by atoms with E-state index in [0.717, 1.165) is 12.0 Å². The molecule has 1 unspecified atom stereocenters. The number of amides is 1. The monoisotopic (exact) mass is 248 g/mol. The summed E-state index contributed by atoms with van der Waals surface area (Å²) in [6, 6.07) is 8.65. The highest BCUT2D eigenvalue weighted by Crippen LogP contribution is 2.13. The maximum atomic E-state index is 11.8. The molecular formula is C15H24N2O. The lowest BCUT2D eigenvalue weighted by Gasteiger charge is -2.16. The van der Waals surface area contributed by atoms with Gasteiger partial charge < -0.3 is 10.6 Å². The topological polar surface area (TPSA) is 41.1 Å². The van der Waals surface area contributed by atoms with E-state index in [4.69, 9.17) is 0 Å². The summed E-state index contributed by atoms with van der Waals surface area (Å²) < 4.78 is 0. The van der Waals surface area contributed by atoms with Gasteiger partial charge in [-0.1, -0.05) is 36.8 Å². The molecule has 0 fully saturated rings. The fourth-order valence-corrected chi connectivity index (χ4v) is 1.73. The molecule has 0 aliphatic carbocycles. The predicted molar refractivity (Wildman–Crippen MR) is 75.5 cm³/mol. The van der Waals surface area contributed by atoms with Gasteiger partial charge in [0.2, 0.25) is 5.91 Å². The Labute approximate surface area is 110 Å². The van der Waals surface area contributed by atoms with Gasteiger partial charge in [0, 0.05) is 6.04 Å². The van der Waals surface area contributed by atoms with Gasteiger partial charge in [0.15, 0.2) is 0 Å². The first kappa shape index (κ1) is 14.7. The third kappa shape index (κ3) is 4.88. The van der Waals surface area contributed by atoms with Gasteiger partial charge in [0.25, 0.3) is 0 Å². The molecular weight excluding hydrogens is 224 g/mol. The summed E-state index contributed by atoms with van der Waals surface area (Å²) in [4.78, 5) is 11.8. The molecule has 2 atom stereocenters. The van der Waals surface area contributed by atoms with Crippen LogP contribution in [0, 0.1) is 6.92 Å². The van der Waals surface area contributed by atoms with Gasteiger partial charge in [-0.25, -0.2) is 0 Å². The van der Waals surface area contributed by atoms with Gasteiger partial charge in [0.05, 0.1) is 12.6 Å². The third-order valence-electron chi connectivity index (χ3n) is 3.14. The predicted octanol–water partition coefficient (Wildman–Crippen LogP) is 2.56. The van der Waals surface area contributed by atoms with Crippen LogP contribution in [0.15, 0.2) is 24.3 Å². The maximum absolute atomic E-state index is 11.8. The van der Waals surface area contributed by atoms with E-state index < -0.39 is 0 Å². The minimum Gasteiger partial charge on any atom is -0.348 e. The summed E-state index contributed by atoms with van der Waals surface area (Å²) in [6.07, 6.45) is 1.03. The SMILES string of the molecule is CCC(C)NCC(=O)N[C@@H](C)c1cccc(C)c1. The lowest BCUT2D eigenvalue weighted by atomic mass is 10.1. The van der Waals surface area contributed by atoms with Gasteiger partial charge in [-0.2, -0.15) is 0 Å². The number of nitrogens with one attached hydrogen (secondary N) is 2. The number of benzene rings is 1. The zero-order chi connectivity index (χ0) is 13.5. The van der Waals surface area contributed by atoms with Gasteiger partial charge in [-0.3, -0.25) is 4.79 Å². The number of hydrogen-bond donors (Lipinski definition) is 2. The molecule has 0 saturated heterocycles. The van der Waals surface area contributed by atoms with E-state index in [1.165, 1.54) is 5.56 Å². The Kier molecular flexibility index (Phi) is 5.86. The van der Waals surface area contributed by atoms with Crippen molar-refractivity contribution >= 4 is 5.91 Å². The molecule has 0 aliphatic rings. The molecule has 1 aromatic carbocycles. The Hall–Kier alpha value is -1.35. The van der Waals surface area contributed by atoms with E-state index in [1.54, 1.807) is 0 Å². The molecule has 0 aromatic heterocycles. The molecule has 0 aliphatic heterocycles. The van der Waals surface area contributed by atoms with E-state index in [0.29, 0.717) is 12.6 Å². The maximum Gasteiger partial charge on any atom is 0.234 e. The summed E-state index contributed by atoms with van der Waals surface area (Å²) in [5.41, 5.74) is 2.36. The van der Waals surface area contributed by atoms with Crippen molar-refractivity contribution in [3.63, 3.8) is 0 Å². The second kappa shape index (κ2) is 7.17. The van der Waals surface area contributed by atoms with Crippen LogP contribution >= 0.6 is 0 Å². The van der Waals surface area contributed by atoms with Crippen LogP contribution in [-0.4, -0.2) is 18.5 Å². The van der Waals surface area contributed by atoms with Crippen LogP contribution in [0.3, 0.4) is 0 Å². The third-order valence-corrected chi connectivity index (χ3v) is 3.14. The first-order valence-corrected chi connectivity index (χ1v) is 6.62. The van der Waals surface area contributed by atoms with E-state index in [9.17, 15) is 4.79 Å². The number of hydrogen-bond acceptors (Lipinski definition) is 2. The average Bonchev–Trinajstić information content (AvgIpc) is 2.35. The van der Waals surface area contributed by atoms with Crippen LogP contribution in [0.1, 0.15) is 44.4 Å². The zero-order valence-corrected chi connectivity index (χ0v) is 11.8. The Balaban J connectivity index is 2.44.